The molecule has 10 nitrogen and oxygen atoms in total. The number of hydrogen-bond acceptors (Lipinski definition) is 8. The molecule has 5 rings (SSSR count). The van der Waals surface area contributed by atoms with Gasteiger partial charge in [-0.2, -0.15) is 18.3 Å². The summed E-state index contributed by atoms with van der Waals surface area (Å²) in [5, 5.41) is 13.2. The molecule has 0 unspecified atom stereocenters. The highest BCUT2D eigenvalue weighted by molar-refractivity contribution is 7.18. The lowest BCUT2D eigenvalue weighted by molar-refractivity contribution is -0.137. The molecular formula is C27H23F3N8O2S. The van der Waals surface area contributed by atoms with Crippen LogP contribution >= 0.6 is 11.3 Å². The second-order valence-corrected chi connectivity index (χ2v) is 9.63. The minimum Gasteiger partial charge on any atom is -0.424 e. The number of alkyl halides is 3. The van der Waals surface area contributed by atoms with E-state index in [4.69, 9.17) is 4.74 Å². The number of thiazole rings is 1. The number of nitrogens with zero attached hydrogens (tertiary/aromatic N) is 5. The molecule has 3 N–H and O–H groups in total. The van der Waals surface area contributed by atoms with Crippen molar-refractivity contribution in [1.29, 1.82) is 0 Å². The van der Waals surface area contributed by atoms with Crippen LogP contribution in [0, 0.1) is 0 Å². The summed E-state index contributed by atoms with van der Waals surface area (Å²) in [5.74, 6) is 0.523. The number of aromatic nitrogens is 5. The standard InChI is InChI=1S/C27H23F3N8O2S/c1-2-10-31-26-34-16-23(41-26)17-4-7-20(8-5-17)40-25-32-14-19(15-33-25)36-24(39)37-21-9-6-18(27(28,29)30)13-22(21)38-12-3-11-35-38/h3-9,11-16H,2,10H2,1H3,(H,31,34)(H2,36,37,39). The molecule has 210 valence electrons. The van der Waals surface area contributed by atoms with Crippen LogP contribution in [-0.4, -0.2) is 37.3 Å². The molecule has 0 aliphatic rings. The molecule has 3 aromatic heterocycles. The molecule has 0 aliphatic carbocycles. The monoisotopic (exact) mass is 580 g/mol. The molecule has 0 atom stereocenters. The molecule has 0 spiro atoms. The fourth-order valence-corrected chi connectivity index (χ4v) is 4.49. The van der Waals surface area contributed by atoms with Crippen LogP contribution in [0.3, 0.4) is 0 Å². The van der Waals surface area contributed by atoms with Crippen LogP contribution < -0.4 is 20.7 Å². The minimum atomic E-state index is -4.55. The number of carbonyl (C=O) groups is 1. The fourth-order valence-electron chi connectivity index (χ4n) is 3.65. The molecule has 0 fully saturated rings. The van der Waals surface area contributed by atoms with Gasteiger partial charge < -0.3 is 20.7 Å². The minimum absolute atomic E-state index is 0.0509. The molecule has 0 saturated carbocycles. The fraction of sp³-hybridized carbons (Fsp3) is 0.148. The number of ether oxygens (including phenoxy) is 1. The average molecular weight is 581 g/mol. The zero-order valence-corrected chi connectivity index (χ0v) is 22.3. The zero-order chi connectivity index (χ0) is 28.8. The van der Waals surface area contributed by atoms with Gasteiger partial charge in [0.2, 0.25) is 0 Å². The van der Waals surface area contributed by atoms with E-state index < -0.39 is 17.8 Å². The van der Waals surface area contributed by atoms with Gasteiger partial charge in [-0.15, -0.1) is 0 Å². The average Bonchev–Trinajstić information content (AvgIpc) is 3.66. The van der Waals surface area contributed by atoms with Crippen molar-refractivity contribution in [3.63, 3.8) is 0 Å². The van der Waals surface area contributed by atoms with Crippen molar-refractivity contribution in [2.75, 3.05) is 22.5 Å². The molecule has 2 aromatic carbocycles. The van der Waals surface area contributed by atoms with E-state index in [0.29, 0.717) is 5.75 Å². The van der Waals surface area contributed by atoms with E-state index >= 15 is 0 Å². The SMILES string of the molecule is CCCNc1ncc(-c2ccc(Oc3ncc(NC(=O)Nc4ccc(C(F)(F)F)cc4-n4cccn4)cn3)cc2)s1. The normalized spacial score (nSPS) is 11.2. The highest BCUT2D eigenvalue weighted by Gasteiger charge is 2.31. The zero-order valence-electron chi connectivity index (χ0n) is 21.5. The molecule has 3 heterocycles. The Morgan fingerprint density at radius 3 is 2.49 bits per heavy atom. The number of halogens is 3. The molecule has 0 radical (unpaired) electrons. The summed E-state index contributed by atoms with van der Waals surface area (Å²) in [6, 6.07) is 11.3. The number of nitrogens with one attached hydrogen (secondary N) is 3. The van der Waals surface area contributed by atoms with E-state index in [1.54, 1.807) is 29.5 Å². The molecule has 14 heteroatoms. The third kappa shape index (κ3) is 6.97. The smallest absolute Gasteiger partial charge is 0.416 e. The first kappa shape index (κ1) is 27.6. The Morgan fingerprint density at radius 2 is 1.80 bits per heavy atom. The molecule has 0 saturated heterocycles. The Morgan fingerprint density at radius 1 is 1.02 bits per heavy atom. The van der Waals surface area contributed by atoms with Gasteiger partial charge >= 0.3 is 18.2 Å². The number of urea groups is 1. The Labute approximate surface area is 236 Å². The Balaban J connectivity index is 1.20. The topological polar surface area (TPSA) is 119 Å². The summed E-state index contributed by atoms with van der Waals surface area (Å²) in [4.78, 5) is 26.2. The summed E-state index contributed by atoms with van der Waals surface area (Å²) >= 11 is 1.57. The van der Waals surface area contributed by atoms with Gasteiger partial charge in [-0.05, 0) is 60.5 Å². The van der Waals surface area contributed by atoms with Crippen molar-refractivity contribution in [2.24, 2.45) is 0 Å². The molecular weight excluding hydrogens is 557 g/mol. The van der Waals surface area contributed by atoms with E-state index in [9.17, 15) is 18.0 Å². The van der Waals surface area contributed by atoms with Crippen LogP contribution in [0.4, 0.5) is 34.5 Å². The summed E-state index contributed by atoms with van der Waals surface area (Å²) < 4.78 is 46.6. The van der Waals surface area contributed by atoms with E-state index in [2.05, 4.69) is 42.9 Å². The lowest BCUT2D eigenvalue weighted by Crippen LogP contribution is -2.21. The maximum absolute atomic E-state index is 13.2. The van der Waals surface area contributed by atoms with Gasteiger partial charge in [0.15, 0.2) is 5.13 Å². The van der Waals surface area contributed by atoms with Crippen LogP contribution in [0.5, 0.6) is 11.8 Å². The number of amides is 2. The second kappa shape index (κ2) is 12.0. The lowest BCUT2D eigenvalue weighted by atomic mass is 10.1. The van der Waals surface area contributed by atoms with Crippen LogP contribution in [0.1, 0.15) is 18.9 Å². The number of carbonyl (C=O) groups excluding carboxylic acids is 1. The van der Waals surface area contributed by atoms with Crippen molar-refractivity contribution < 1.29 is 22.7 Å². The lowest BCUT2D eigenvalue weighted by Gasteiger charge is -2.15. The molecule has 5 aromatic rings. The van der Waals surface area contributed by atoms with Gasteiger partial charge in [0.25, 0.3) is 0 Å². The molecule has 0 aliphatic heterocycles. The summed E-state index contributed by atoms with van der Waals surface area (Å²) in [6.07, 6.45) is 3.87. The van der Waals surface area contributed by atoms with E-state index in [-0.39, 0.29) is 23.1 Å². The van der Waals surface area contributed by atoms with Crippen LogP contribution in [0.15, 0.2) is 79.5 Å². The van der Waals surface area contributed by atoms with Crippen molar-refractivity contribution >= 4 is 33.9 Å². The van der Waals surface area contributed by atoms with Gasteiger partial charge in [-0.1, -0.05) is 18.3 Å². The van der Waals surface area contributed by atoms with Gasteiger partial charge in [-0.3, -0.25) is 0 Å². The number of hydrogen-bond donors (Lipinski definition) is 3. The quantitative estimate of drug-likeness (QED) is 0.171. The number of benzene rings is 2. The van der Waals surface area contributed by atoms with Crippen molar-refractivity contribution in [3.8, 4) is 27.9 Å². The summed E-state index contributed by atoms with van der Waals surface area (Å²) in [7, 11) is 0. The maximum atomic E-state index is 13.2. The first-order chi connectivity index (χ1) is 19.8. The van der Waals surface area contributed by atoms with Gasteiger partial charge in [-0.25, -0.2) is 24.4 Å². The molecule has 41 heavy (non-hydrogen) atoms. The highest BCUT2D eigenvalue weighted by Crippen LogP contribution is 2.33. The van der Waals surface area contributed by atoms with Crippen LogP contribution in [0.25, 0.3) is 16.1 Å². The largest absolute Gasteiger partial charge is 0.424 e. The van der Waals surface area contributed by atoms with Crippen LogP contribution in [-0.2, 0) is 6.18 Å². The maximum Gasteiger partial charge on any atom is 0.416 e. The first-order valence-corrected chi connectivity index (χ1v) is 13.2. The predicted octanol–water partition coefficient (Wildman–Crippen LogP) is 7.06. The number of rotatable bonds is 9. The third-order valence-corrected chi connectivity index (χ3v) is 6.59. The first-order valence-electron chi connectivity index (χ1n) is 12.4. The van der Waals surface area contributed by atoms with Gasteiger partial charge in [0.05, 0.1) is 39.9 Å². The van der Waals surface area contributed by atoms with E-state index in [1.165, 1.54) is 29.5 Å². The van der Waals surface area contributed by atoms with E-state index in [0.717, 1.165) is 46.7 Å². The summed E-state index contributed by atoms with van der Waals surface area (Å²) in [5.41, 5.74) is 0.542. The summed E-state index contributed by atoms with van der Waals surface area (Å²) in [6.45, 7) is 2.96. The second-order valence-electron chi connectivity index (χ2n) is 8.60. The van der Waals surface area contributed by atoms with Crippen molar-refractivity contribution in [1.82, 2.24) is 24.7 Å². The van der Waals surface area contributed by atoms with E-state index in [1.807, 2.05) is 18.3 Å². The van der Waals surface area contributed by atoms with Crippen LogP contribution in [0.2, 0.25) is 0 Å². The van der Waals surface area contributed by atoms with Gasteiger partial charge in [0, 0.05) is 25.1 Å². The Kier molecular flexibility index (Phi) is 8.10. The van der Waals surface area contributed by atoms with Gasteiger partial charge in [0.1, 0.15) is 5.75 Å². The third-order valence-electron chi connectivity index (χ3n) is 5.59. The van der Waals surface area contributed by atoms with Crippen molar-refractivity contribution in [3.05, 3.63) is 85.1 Å². The number of anilines is 3. The molecule has 0 bridgehead atoms. The predicted molar refractivity (Wildman–Crippen MR) is 150 cm³/mol. The molecule has 2 amide bonds. The highest BCUT2D eigenvalue weighted by atomic mass is 32.1. The Hall–Kier alpha value is -4.98. The van der Waals surface area contributed by atoms with Crippen molar-refractivity contribution in [2.45, 2.75) is 19.5 Å². The Bertz CT molecular complexity index is 1610.